The maximum Gasteiger partial charge on any atom is 0.257 e. The Morgan fingerprint density at radius 2 is 2.05 bits per heavy atom. The van der Waals surface area contributed by atoms with Crippen molar-refractivity contribution in [3.8, 4) is 5.75 Å². The van der Waals surface area contributed by atoms with Gasteiger partial charge in [0, 0.05) is 25.7 Å². The number of benzene rings is 1. The summed E-state index contributed by atoms with van der Waals surface area (Å²) in [7, 11) is 3.52. The number of hydrogen-bond donors (Lipinski definition) is 2. The van der Waals surface area contributed by atoms with Crippen LogP contribution < -0.4 is 10.1 Å². The Bertz CT molecular complexity index is 441. The number of ether oxygens (including phenoxy) is 1. The van der Waals surface area contributed by atoms with Gasteiger partial charge in [-0.1, -0.05) is 18.2 Å². The molecule has 0 radical (unpaired) electrons. The van der Waals surface area contributed by atoms with E-state index in [-0.39, 0.29) is 12.5 Å². The van der Waals surface area contributed by atoms with Crippen molar-refractivity contribution in [2.45, 2.75) is 26.0 Å². The number of para-hydroxylation sites is 1. The van der Waals surface area contributed by atoms with E-state index in [2.05, 4.69) is 5.32 Å². The maximum absolute atomic E-state index is 11.2. The molecule has 0 bridgehead atoms. The fourth-order valence-electron chi connectivity index (χ4n) is 2.00. The SMILES string of the molecule is CNC(=O)COc1ccccc1CN(C)CC(C)(C)O. The van der Waals surface area contributed by atoms with Crippen molar-refractivity contribution in [3.05, 3.63) is 29.8 Å². The molecular formula is C15H24N2O3. The fraction of sp³-hybridized carbons (Fsp3) is 0.533. The molecule has 0 saturated heterocycles. The number of hydrogen-bond acceptors (Lipinski definition) is 4. The van der Waals surface area contributed by atoms with Crippen LogP contribution in [0.25, 0.3) is 0 Å². The summed E-state index contributed by atoms with van der Waals surface area (Å²) < 4.78 is 5.52. The molecule has 0 spiro atoms. The largest absolute Gasteiger partial charge is 0.483 e. The third-order valence-electron chi connectivity index (χ3n) is 2.71. The second-order valence-corrected chi connectivity index (χ2v) is 5.55. The lowest BCUT2D eigenvalue weighted by Gasteiger charge is -2.26. The fourth-order valence-corrected chi connectivity index (χ4v) is 2.00. The van der Waals surface area contributed by atoms with Crippen molar-refractivity contribution in [2.75, 3.05) is 27.2 Å². The van der Waals surface area contributed by atoms with Crippen molar-refractivity contribution in [2.24, 2.45) is 0 Å². The van der Waals surface area contributed by atoms with Crippen molar-refractivity contribution in [1.29, 1.82) is 0 Å². The molecular weight excluding hydrogens is 256 g/mol. The summed E-state index contributed by atoms with van der Waals surface area (Å²) >= 11 is 0. The Kier molecular flexibility index (Phi) is 5.98. The maximum atomic E-state index is 11.2. The summed E-state index contributed by atoms with van der Waals surface area (Å²) in [5.41, 5.74) is 0.246. The highest BCUT2D eigenvalue weighted by molar-refractivity contribution is 5.77. The molecule has 0 aliphatic heterocycles. The first kappa shape index (κ1) is 16.5. The Balaban J connectivity index is 2.67. The summed E-state index contributed by atoms with van der Waals surface area (Å²) in [5.74, 6) is 0.531. The van der Waals surface area contributed by atoms with Crippen LogP contribution in [0.3, 0.4) is 0 Å². The molecule has 5 nitrogen and oxygen atoms in total. The average molecular weight is 280 g/mol. The van der Waals surface area contributed by atoms with E-state index in [1.807, 2.05) is 36.2 Å². The third kappa shape index (κ3) is 6.04. The minimum atomic E-state index is -0.743. The molecule has 1 rings (SSSR count). The zero-order chi connectivity index (χ0) is 15.2. The Morgan fingerprint density at radius 1 is 1.40 bits per heavy atom. The van der Waals surface area contributed by atoms with Gasteiger partial charge in [0.2, 0.25) is 0 Å². The molecule has 112 valence electrons. The first-order valence-electron chi connectivity index (χ1n) is 6.64. The van der Waals surface area contributed by atoms with Gasteiger partial charge in [-0.15, -0.1) is 0 Å². The van der Waals surface area contributed by atoms with Crippen molar-refractivity contribution in [1.82, 2.24) is 10.2 Å². The van der Waals surface area contributed by atoms with Crippen molar-refractivity contribution in [3.63, 3.8) is 0 Å². The molecule has 0 heterocycles. The van der Waals surface area contributed by atoms with Gasteiger partial charge in [0.25, 0.3) is 5.91 Å². The van der Waals surface area contributed by atoms with Crippen molar-refractivity contribution < 1.29 is 14.6 Å². The lowest BCUT2D eigenvalue weighted by molar-refractivity contribution is -0.122. The van der Waals surface area contributed by atoms with E-state index in [4.69, 9.17) is 4.74 Å². The van der Waals surface area contributed by atoms with Crippen molar-refractivity contribution >= 4 is 5.91 Å². The zero-order valence-corrected chi connectivity index (χ0v) is 12.6. The van der Waals surface area contributed by atoms with E-state index in [1.165, 1.54) is 0 Å². The van der Waals surface area contributed by atoms with E-state index in [0.29, 0.717) is 18.8 Å². The smallest absolute Gasteiger partial charge is 0.257 e. The number of amides is 1. The van der Waals surface area contributed by atoms with Gasteiger partial charge < -0.3 is 15.2 Å². The molecule has 1 amide bonds. The minimum absolute atomic E-state index is 0.00270. The first-order valence-corrected chi connectivity index (χ1v) is 6.64. The molecule has 1 aromatic carbocycles. The molecule has 0 atom stereocenters. The molecule has 5 heteroatoms. The highest BCUT2D eigenvalue weighted by Crippen LogP contribution is 2.20. The average Bonchev–Trinajstić information content (AvgIpc) is 2.35. The normalized spacial score (nSPS) is 11.5. The second-order valence-electron chi connectivity index (χ2n) is 5.55. The predicted octanol–water partition coefficient (Wildman–Crippen LogP) is 1.01. The Hall–Kier alpha value is -1.59. The summed E-state index contributed by atoms with van der Waals surface area (Å²) in [6.45, 7) is 4.75. The molecule has 0 saturated carbocycles. The van der Waals surface area contributed by atoms with Crippen LogP contribution in [0, 0.1) is 0 Å². The van der Waals surface area contributed by atoms with Gasteiger partial charge in [0.15, 0.2) is 6.61 Å². The molecule has 0 aromatic heterocycles. The molecule has 0 aliphatic rings. The number of nitrogens with one attached hydrogen (secondary N) is 1. The Labute approximate surface area is 120 Å². The first-order chi connectivity index (χ1) is 9.31. The van der Waals surface area contributed by atoms with Crippen LogP contribution in [0.4, 0.5) is 0 Å². The standard InChI is InChI=1S/C15H24N2O3/c1-15(2,19)11-17(4)9-12-7-5-6-8-13(12)20-10-14(18)16-3/h5-8,19H,9-11H2,1-4H3,(H,16,18). The summed E-state index contributed by atoms with van der Waals surface area (Å²) in [4.78, 5) is 13.2. The lowest BCUT2D eigenvalue weighted by atomic mass is 10.1. The number of nitrogens with zero attached hydrogens (tertiary/aromatic N) is 1. The van der Waals surface area contributed by atoms with Gasteiger partial charge >= 0.3 is 0 Å². The summed E-state index contributed by atoms with van der Waals surface area (Å²) in [6.07, 6.45) is 0. The number of carbonyl (C=O) groups excluding carboxylic acids is 1. The van der Waals surface area contributed by atoms with Crippen LogP contribution in [0.15, 0.2) is 24.3 Å². The second kappa shape index (κ2) is 7.26. The van der Waals surface area contributed by atoms with Gasteiger partial charge in [-0.2, -0.15) is 0 Å². The molecule has 20 heavy (non-hydrogen) atoms. The third-order valence-corrected chi connectivity index (χ3v) is 2.71. The molecule has 0 fully saturated rings. The summed E-state index contributed by atoms with van der Waals surface area (Å²) in [6, 6.07) is 7.61. The summed E-state index contributed by atoms with van der Waals surface area (Å²) in [5, 5.41) is 12.3. The lowest BCUT2D eigenvalue weighted by Crippen LogP contribution is -2.35. The van der Waals surface area contributed by atoms with E-state index < -0.39 is 5.60 Å². The monoisotopic (exact) mass is 280 g/mol. The van der Waals surface area contributed by atoms with Crippen LogP contribution >= 0.6 is 0 Å². The van der Waals surface area contributed by atoms with E-state index in [0.717, 1.165) is 5.56 Å². The van der Waals surface area contributed by atoms with Crippen LogP contribution in [0.5, 0.6) is 5.75 Å². The van der Waals surface area contributed by atoms with Crippen LogP contribution in [0.2, 0.25) is 0 Å². The number of likely N-dealkylation sites (N-methyl/N-ethyl adjacent to an activating group) is 2. The van der Waals surface area contributed by atoms with Crippen LogP contribution in [-0.4, -0.2) is 48.8 Å². The van der Waals surface area contributed by atoms with Gasteiger partial charge in [-0.25, -0.2) is 0 Å². The zero-order valence-electron chi connectivity index (χ0n) is 12.6. The van der Waals surface area contributed by atoms with Crippen LogP contribution in [0.1, 0.15) is 19.4 Å². The quantitative estimate of drug-likeness (QED) is 0.782. The number of rotatable bonds is 7. The Morgan fingerprint density at radius 3 is 2.65 bits per heavy atom. The molecule has 1 aromatic rings. The van der Waals surface area contributed by atoms with Crippen LogP contribution in [-0.2, 0) is 11.3 Å². The highest BCUT2D eigenvalue weighted by atomic mass is 16.5. The predicted molar refractivity (Wildman–Crippen MR) is 78.6 cm³/mol. The van der Waals surface area contributed by atoms with E-state index >= 15 is 0 Å². The minimum Gasteiger partial charge on any atom is -0.483 e. The van der Waals surface area contributed by atoms with E-state index in [1.54, 1.807) is 20.9 Å². The molecule has 2 N–H and O–H groups in total. The van der Waals surface area contributed by atoms with Gasteiger partial charge in [-0.05, 0) is 27.0 Å². The van der Waals surface area contributed by atoms with Gasteiger partial charge in [0.05, 0.1) is 5.60 Å². The molecule has 0 unspecified atom stereocenters. The van der Waals surface area contributed by atoms with Gasteiger partial charge in [-0.3, -0.25) is 9.69 Å². The van der Waals surface area contributed by atoms with E-state index in [9.17, 15) is 9.90 Å². The molecule has 0 aliphatic carbocycles. The number of aliphatic hydroxyl groups is 1. The topological polar surface area (TPSA) is 61.8 Å². The number of carbonyl (C=O) groups is 1. The van der Waals surface area contributed by atoms with Gasteiger partial charge in [0.1, 0.15) is 5.75 Å². The highest BCUT2D eigenvalue weighted by Gasteiger charge is 2.16.